The molecule has 2 N–H and O–H groups in total. The number of nitrogens with one attached hydrogen (secondary N) is 2. The molecule has 0 atom stereocenters. The Kier molecular flexibility index (Phi) is 7.03. The van der Waals surface area contributed by atoms with E-state index in [0.29, 0.717) is 11.9 Å². The third-order valence-electron chi connectivity index (χ3n) is 9.74. The maximum Gasteiger partial charge on any atom is 0.247 e. The van der Waals surface area contributed by atoms with Crippen LogP contribution in [0.25, 0.3) is 88.1 Å². The molecule has 6 nitrogen and oxygen atoms in total. The van der Waals surface area contributed by atoms with Crippen molar-refractivity contribution in [2.24, 2.45) is 10.2 Å². The first-order valence-electron chi connectivity index (χ1n) is 17.3. The van der Waals surface area contributed by atoms with E-state index in [9.17, 15) is 0 Å². The minimum absolute atomic E-state index is 0.391. The molecule has 0 aliphatic heterocycles. The molecule has 10 rings (SSSR count). The van der Waals surface area contributed by atoms with Gasteiger partial charge in [-0.3, -0.25) is 0 Å². The molecule has 0 bridgehead atoms. The summed E-state index contributed by atoms with van der Waals surface area (Å²) in [6.45, 7) is 0. The molecule has 0 aliphatic carbocycles. The van der Waals surface area contributed by atoms with Crippen molar-refractivity contribution in [1.29, 1.82) is 0 Å². The zero-order chi connectivity index (χ0) is 34.4. The molecule has 0 spiro atoms. The van der Waals surface area contributed by atoms with Crippen molar-refractivity contribution in [1.82, 2.24) is 19.9 Å². The van der Waals surface area contributed by atoms with Crippen molar-refractivity contribution >= 4 is 55.0 Å². The second-order valence-electron chi connectivity index (χ2n) is 13.0. The van der Waals surface area contributed by atoms with Crippen LogP contribution in [0.2, 0.25) is 0 Å². The van der Waals surface area contributed by atoms with Crippen LogP contribution < -0.4 is 0 Å². The fourth-order valence-electron chi connectivity index (χ4n) is 7.11. The van der Waals surface area contributed by atoms with Gasteiger partial charge in [0.2, 0.25) is 11.9 Å². The number of fused-ring (bicyclic) bond motifs is 4. The number of aromatic nitrogens is 4. The van der Waals surface area contributed by atoms with Gasteiger partial charge in [0.1, 0.15) is 0 Å². The minimum Gasteiger partial charge on any atom is -0.320 e. The molecule has 2 heterocycles. The lowest BCUT2D eigenvalue weighted by molar-refractivity contribution is 1.07. The highest BCUT2D eigenvalue weighted by molar-refractivity contribution is 5.94. The molecule has 10 aromatic rings. The van der Waals surface area contributed by atoms with E-state index in [4.69, 9.17) is 9.97 Å². The summed E-state index contributed by atoms with van der Waals surface area (Å²) in [6.07, 6.45) is 0. The summed E-state index contributed by atoms with van der Waals surface area (Å²) >= 11 is 0. The highest BCUT2D eigenvalue weighted by Gasteiger charge is 2.18. The number of imidazole rings is 2. The molecule has 0 radical (unpaired) electrons. The predicted octanol–water partition coefficient (Wildman–Crippen LogP) is 12.8. The summed E-state index contributed by atoms with van der Waals surface area (Å²) in [5, 5.41) is 18.6. The molecule has 0 saturated heterocycles. The molecule has 0 fully saturated rings. The van der Waals surface area contributed by atoms with Gasteiger partial charge in [0.05, 0.1) is 22.8 Å². The largest absolute Gasteiger partial charge is 0.320 e. The summed E-state index contributed by atoms with van der Waals surface area (Å²) in [5.41, 5.74) is 7.40. The second kappa shape index (κ2) is 12.3. The van der Waals surface area contributed by atoms with Crippen LogP contribution in [-0.2, 0) is 0 Å². The maximum atomic E-state index is 5.02. The molecule has 0 aliphatic rings. The number of aromatic amines is 2. The van der Waals surface area contributed by atoms with Crippen LogP contribution in [0, 0.1) is 0 Å². The van der Waals surface area contributed by atoms with E-state index in [-0.39, 0.29) is 0 Å². The molecule has 2 aromatic heterocycles. The van der Waals surface area contributed by atoms with Crippen molar-refractivity contribution in [3.05, 3.63) is 170 Å². The fraction of sp³-hybridized carbons (Fsp3) is 0. The molecule has 6 heteroatoms. The lowest BCUT2D eigenvalue weighted by Crippen LogP contribution is -1.85. The Labute approximate surface area is 299 Å². The third kappa shape index (κ3) is 5.39. The number of benzene rings is 8. The zero-order valence-corrected chi connectivity index (χ0v) is 28.0. The van der Waals surface area contributed by atoms with Crippen molar-refractivity contribution in [2.45, 2.75) is 0 Å². The topological polar surface area (TPSA) is 82.1 Å². The summed E-state index contributed by atoms with van der Waals surface area (Å²) in [7, 11) is 0. The molecule has 52 heavy (non-hydrogen) atoms. The van der Waals surface area contributed by atoms with Crippen molar-refractivity contribution in [3.8, 4) is 45.0 Å². The van der Waals surface area contributed by atoms with E-state index < -0.39 is 0 Å². The second-order valence-corrected chi connectivity index (χ2v) is 13.0. The van der Waals surface area contributed by atoms with Gasteiger partial charge in [-0.15, -0.1) is 10.2 Å². The SMILES string of the molecule is c1ccc2cc(-c3nc(N=Nc4nc(-c5ccc6ccccc6c5)c(-c5ccc6ccccc6c5)[nH]4)[nH]c3-c3ccc4ccccc4c3)ccc2c1. The van der Waals surface area contributed by atoms with Gasteiger partial charge in [-0.1, -0.05) is 146 Å². The number of hydrogen-bond donors (Lipinski definition) is 2. The first kappa shape index (κ1) is 29.7. The van der Waals surface area contributed by atoms with E-state index in [2.05, 4.69) is 190 Å². The predicted molar refractivity (Wildman–Crippen MR) is 213 cm³/mol. The van der Waals surface area contributed by atoms with Crippen LogP contribution in [0.15, 0.2) is 180 Å². The van der Waals surface area contributed by atoms with Crippen molar-refractivity contribution < 1.29 is 0 Å². The van der Waals surface area contributed by atoms with Crippen LogP contribution in [0.5, 0.6) is 0 Å². The van der Waals surface area contributed by atoms with Gasteiger partial charge < -0.3 is 9.97 Å². The van der Waals surface area contributed by atoms with Gasteiger partial charge in [-0.25, -0.2) is 9.97 Å². The Bertz CT molecular complexity index is 2590. The quantitative estimate of drug-likeness (QED) is 0.173. The van der Waals surface area contributed by atoms with Crippen LogP contribution in [0.4, 0.5) is 11.9 Å². The average molecular weight is 667 g/mol. The Morgan fingerprint density at radius 3 is 0.942 bits per heavy atom. The van der Waals surface area contributed by atoms with Gasteiger partial charge in [-0.2, -0.15) is 0 Å². The van der Waals surface area contributed by atoms with Crippen LogP contribution in [-0.4, -0.2) is 19.9 Å². The van der Waals surface area contributed by atoms with Crippen LogP contribution in [0.1, 0.15) is 0 Å². The zero-order valence-electron chi connectivity index (χ0n) is 28.0. The van der Waals surface area contributed by atoms with Gasteiger partial charge in [-0.05, 0) is 67.4 Å². The molecule has 8 aromatic carbocycles. The fourth-order valence-corrected chi connectivity index (χ4v) is 7.11. The van der Waals surface area contributed by atoms with Gasteiger partial charge in [0.15, 0.2) is 0 Å². The molecule has 244 valence electrons. The number of hydrogen-bond acceptors (Lipinski definition) is 4. The third-order valence-corrected chi connectivity index (χ3v) is 9.74. The minimum atomic E-state index is 0.391. The van der Waals surface area contributed by atoms with E-state index >= 15 is 0 Å². The summed E-state index contributed by atoms with van der Waals surface area (Å²) in [4.78, 5) is 17.0. The van der Waals surface area contributed by atoms with E-state index in [1.807, 2.05) is 0 Å². The molecule has 0 unspecified atom stereocenters. The molecule has 0 amide bonds. The smallest absolute Gasteiger partial charge is 0.247 e. The lowest BCUT2D eigenvalue weighted by Gasteiger charge is -2.06. The summed E-state index contributed by atoms with van der Waals surface area (Å²) in [5.74, 6) is 0.782. The van der Waals surface area contributed by atoms with Gasteiger partial charge in [0, 0.05) is 22.3 Å². The molecule has 0 saturated carbocycles. The number of azo groups is 1. The monoisotopic (exact) mass is 666 g/mol. The Morgan fingerprint density at radius 1 is 0.308 bits per heavy atom. The summed E-state index contributed by atoms with van der Waals surface area (Å²) in [6, 6.07) is 59.2. The highest BCUT2D eigenvalue weighted by Crippen LogP contribution is 2.38. The number of H-pyrrole nitrogens is 2. The van der Waals surface area contributed by atoms with Gasteiger partial charge >= 0.3 is 0 Å². The van der Waals surface area contributed by atoms with Gasteiger partial charge in [0.25, 0.3) is 0 Å². The van der Waals surface area contributed by atoms with Crippen LogP contribution >= 0.6 is 0 Å². The number of nitrogens with zero attached hydrogens (tertiary/aromatic N) is 4. The number of rotatable bonds is 6. The molecular weight excluding hydrogens is 637 g/mol. The van der Waals surface area contributed by atoms with Crippen LogP contribution in [0.3, 0.4) is 0 Å². The van der Waals surface area contributed by atoms with E-state index in [1.165, 1.54) is 21.5 Å². The maximum absolute atomic E-state index is 5.02. The summed E-state index contributed by atoms with van der Waals surface area (Å²) < 4.78 is 0. The van der Waals surface area contributed by atoms with E-state index in [1.54, 1.807) is 0 Å². The Hall–Kier alpha value is -7.18. The highest BCUT2D eigenvalue weighted by atomic mass is 15.3. The normalized spacial score (nSPS) is 11.8. The van der Waals surface area contributed by atoms with Crippen molar-refractivity contribution in [3.63, 3.8) is 0 Å². The van der Waals surface area contributed by atoms with E-state index in [0.717, 1.165) is 66.6 Å². The lowest BCUT2D eigenvalue weighted by atomic mass is 10.00. The Morgan fingerprint density at radius 2 is 0.596 bits per heavy atom. The average Bonchev–Trinajstić information content (AvgIpc) is 3.84. The van der Waals surface area contributed by atoms with Crippen molar-refractivity contribution in [2.75, 3.05) is 0 Å². The Balaban J connectivity index is 1.09. The first-order valence-corrected chi connectivity index (χ1v) is 17.3. The first-order chi connectivity index (χ1) is 25.7. The standard InChI is InChI=1S/C46H30N6/c1-5-13-33-25-37(21-17-29(33)9-1)41-42(38-22-18-30-10-2-6-14-34(30)26-38)48-45(47-41)51-52-46-49-43(39-23-19-31-11-3-7-15-35(31)27-39)44(50-46)40-24-20-32-12-4-8-16-36(32)28-40/h1-28H,(H,47,48)(H,49,50). The molecular formula is C46H30N6.